The molecule has 1 aliphatic heterocycles. The zero-order valence-corrected chi connectivity index (χ0v) is 15.7. The van der Waals surface area contributed by atoms with E-state index >= 15 is 0 Å². The number of carbonyl (C=O) groups is 1. The number of thiazole rings is 1. The van der Waals surface area contributed by atoms with Gasteiger partial charge < -0.3 is 14.5 Å². The van der Waals surface area contributed by atoms with Gasteiger partial charge in [0.25, 0.3) is 5.91 Å². The van der Waals surface area contributed by atoms with E-state index in [0.29, 0.717) is 13.2 Å². The Hall–Kier alpha value is -1.18. The summed E-state index contributed by atoms with van der Waals surface area (Å²) in [5.74, 6) is 0.0235. The lowest BCUT2D eigenvalue weighted by Gasteiger charge is -2.40. The van der Waals surface area contributed by atoms with Gasteiger partial charge in [-0.1, -0.05) is 0 Å². The zero-order chi connectivity index (χ0) is 17.0. The number of rotatable bonds is 6. The van der Waals surface area contributed by atoms with Gasteiger partial charge in [-0.2, -0.15) is 0 Å². The first-order valence-corrected chi connectivity index (χ1v) is 8.99. The average Bonchev–Trinajstić information content (AvgIpc) is 2.96. The van der Waals surface area contributed by atoms with Gasteiger partial charge in [-0.25, -0.2) is 4.98 Å². The highest BCUT2D eigenvalue weighted by Gasteiger charge is 2.40. The maximum atomic E-state index is 12.3. The number of aromatic nitrogens is 1. The van der Waals surface area contributed by atoms with Crippen molar-refractivity contribution >= 4 is 22.4 Å². The average molecular weight is 340 g/mol. The highest BCUT2D eigenvalue weighted by Crippen LogP contribution is 2.26. The van der Waals surface area contributed by atoms with Crippen LogP contribution in [0.1, 0.15) is 25.6 Å². The molecule has 0 N–H and O–H groups in total. The van der Waals surface area contributed by atoms with Crippen molar-refractivity contribution in [2.75, 3.05) is 51.8 Å². The van der Waals surface area contributed by atoms with E-state index in [1.54, 1.807) is 30.3 Å². The van der Waals surface area contributed by atoms with Crippen molar-refractivity contribution < 1.29 is 9.53 Å². The molecule has 0 aliphatic carbocycles. The molecule has 130 valence electrons. The van der Waals surface area contributed by atoms with Crippen LogP contribution in [0, 0.1) is 0 Å². The Kier molecular flexibility index (Phi) is 6.00. The smallest absolute Gasteiger partial charge is 0.255 e. The van der Waals surface area contributed by atoms with Crippen LogP contribution in [0.5, 0.6) is 0 Å². The third kappa shape index (κ3) is 4.22. The number of hydrogen-bond donors (Lipinski definition) is 0. The first kappa shape index (κ1) is 18.2. The predicted octanol–water partition coefficient (Wildman–Crippen LogP) is 1.67. The van der Waals surface area contributed by atoms with Crippen LogP contribution in [0.3, 0.4) is 0 Å². The van der Waals surface area contributed by atoms with Gasteiger partial charge in [-0.05, 0) is 20.8 Å². The summed E-state index contributed by atoms with van der Waals surface area (Å²) in [7, 11) is 3.55. The molecule has 1 aromatic heterocycles. The van der Waals surface area contributed by atoms with Crippen molar-refractivity contribution in [3.8, 4) is 0 Å². The number of likely N-dealkylation sites (N-methyl/N-ethyl adjacent to an activating group) is 1. The molecule has 1 amide bonds. The molecule has 0 bridgehead atoms. The summed E-state index contributed by atoms with van der Waals surface area (Å²) in [6.07, 6.45) is 1.96. The molecule has 1 fully saturated rings. The standard InChI is InChI=1S/C16H28N4O2S/c1-6-20(7-2)15-17-10-13(23-15)11-19-8-9-22-16(3,12-19)14(21)18(4)5/h10H,6-9,11-12H2,1-5H3/t16-/m1/s1. The normalized spacial score (nSPS) is 22.1. The number of amides is 1. The van der Waals surface area contributed by atoms with E-state index in [0.717, 1.165) is 31.3 Å². The molecule has 1 saturated heterocycles. The lowest BCUT2D eigenvalue weighted by molar-refractivity contribution is -0.165. The van der Waals surface area contributed by atoms with Gasteiger partial charge in [0, 0.05) is 57.9 Å². The Balaban J connectivity index is 2.02. The van der Waals surface area contributed by atoms with E-state index < -0.39 is 5.60 Å². The molecule has 7 heteroatoms. The minimum Gasteiger partial charge on any atom is -0.363 e. The van der Waals surface area contributed by atoms with E-state index in [1.807, 2.05) is 13.1 Å². The molecule has 0 saturated carbocycles. The fourth-order valence-electron chi connectivity index (χ4n) is 2.92. The van der Waals surface area contributed by atoms with Crippen molar-refractivity contribution in [2.24, 2.45) is 0 Å². The number of ether oxygens (including phenoxy) is 1. The monoisotopic (exact) mass is 340 g/mol. The van der Waals surface area contributed by atoms with Crippen LogP contribution in [0.2, 0.25) is 0 Å². The lowest BCUT2D eigenvalue weighted by atomic mass is 10.0. The maximum Gasteiger partial charge on any atom is 0.255 e. The molecule has 1 atom stereocenters. The van der Waals surface area contributed by atoms with Crippen LogP contribution in [0.4, 0.5) is 5.13 Å². The summed E-state index contributed by atoms with van der Waals surface area (Å²) in [4.78, 5) is 24.3. The fraction of sp³-hybridized carbons (Fsp3) is 0.750. The van der Waals surface area contributed by atoms with Crippen molar-refractivity contribution in [1.82, 2.24) is 14.8 Å². The van der Waals surface area contributed by atoms with Crippen LogP contribution < -0.4 is 4.90 Å². The summed E-state index contributed by atoms with van der Waals surface area (Å²) in [6.45, 7) is 11.0. The van der Waals surface area contributed by atoms with Crippen LogP contribution in [-0.4, -0.2) is 73.2 Å². The topological polar surface area (TPSA) is 48.9 Å². The van der Waals surface area contributed by atoms with Gasteiger partial charge in [0.1, 0.15) is 0 Å². The van der Waals surface area contributed by atoms with Crippen LogP contribution in [0.15, 0.2) is 6.20 Å². The van der Waals surface area contributed by atoms with Crippen molar-refractivity contribution in [1.29, 1.82) is 0 Å². The Bertz CT molecular complexity index is 530. The van der Waals surface area contributed by atoms with E-state index in [1.165, 1.54) is 4.88 Å². The zero-order valence-electron chi connectivity index (χ0n) is 14.8. The third-order valence-corrected chi connectivity index (χ3v) is 5.21. The highest BCUT2D eigenvalue weighted by molar-refractivity contribution is 7.15. The number of hydrogen-bond acceptors (Lipinski definition) is 6. The van der Waals surface area contributed by atoms with Gasteiger partial charge in [-0.3, -0.25) is 9.69 Å². The molecular formula is C16H28N4O2S. The Morgan fingerprint density at radius 3 is 2.74 bits per heavy atom. The largest absolute Gasteiger partial charge is 0.363 e. The van der Waals surface area contributed by atoms with Gasteiger partial charge in [0.05, 0.1) is 6.61 Å². The maximum absolute atomic E-state index is 12.3. The quantitative estimate of drug-likeness (QED) is 0.788. The second-order valence-electron chi connectivity index (χ2n) is 6.27. The summed E-state index contributed by atoms with van der Waals surface area (Å²) < 4.78 is 5.78. The minimum atomic E-state index is -0.756. The van der Waals surface area contributed by atoms with Crippen molar-refractivity contribution in [3.05, 3.63) is 11.1 Å². The van der Waals surface area contributed by atoms with Gasteiger partial charge in [-0.15, -0.1) is 11.3 Å². The molecule has 1 aliphatic rings. The van der Waals surface area contributed by atoms with Gasteiger partial charge in [0.2, 0.25) is 0 Å². The fourth-order valence-corrected chi connectivity index (χ4v) is 4.00. The first-order valence-electron chi connectivity index (χ1n) is 8.17. The molecular weight excluding hydrogens is 312 g/mol. The Morgan fingerprint density at radius 2 is 2.13 bits per heavy atom. The molecule has 2 heterocycles. The molecule has 23 heavy (non-hydrogen) atoms. The molecule has 0 spiro atoms. The molecule has 1 aromatic rings. The summed E-state index contributed by atoms with van der Waals surface area (Å²) in [5.41, 5.74) is -0.756. The first-order chi connectivity index (χ1) is 10.9. The van der Waals surface area contributed by atoms with Crippen molar-refractivity contribution in [3.63, 3.8) is 0 Å². The minimum absolute atomic E-state index is 0.0235. The molecule has 6 nitrogen and oxygen atoms in total. The summed E-state index contributed by atoms with van der Waals surface area (Å²) in [6, 6.07) is 0. The summed E-state index contributed by atoms with van der Waals surface area (Å²) >= 11 is 1.74. The molecule has 2 rings (SSSR count). The highest BCUT2D eigenvalue weighted by atomic mass is 32.1. The second-order valence-corrected chi connectivity index (χ2v) is 7.36. The third-order valence-electron chi connectivity index (χ3n) is 4.17. The van der Waals surface area contributed by atoms with E-state index in [-0.39, 0.29) is 5.91 Å². The molecule has 0 radical (unpaired) electrons. The lowest BCUT2D eigenvalue weighted by Crippen LogP contribution is -2.57. The second kappa shape index (κ2) is 7.59. The number of nitrogens with zero attached hydrogens (tertiary/aromatic N) is 4. The predicted molar refractivity (Wildman–Crippen MR) is 94.0 cm³/mol. The van der Waals surface area contributed by atoms with Crippen LogP contribution >= 0.6 is 11.3 Å². The van der Waals surface area contributed by atoms with Crippen molar-refractivity contribution in [2.45, 2.75) is 32.9 Å². The summed E-state index contributed by atoms with van der Waals surface area (Å²) in [5, 5.41) is 1.07. The van der Waals surface area contributed by atoms with Crippen LogP contribution in [-0.2, 0) is 16.1 Å². The van der Waals surface area contributed by atoms with E-state index in [4.69, 9.17) is 4.74 Å². The van der Waals surface area contributed by atoms with E-state index in [2.05, 4.69) is 28.6 Å². The number of morpholine rings is 1. The Morgan fingerprint density at radius 1 is 1.43 bits per heavy atom. The number of anilines is 1. The van der Waals surface area contributed by atoms with E-state index in [9.17, 15) is 4.79 Å². The molecule has 0 aromatic carbocycles. The molecule has 0 unspecified atom stereocenters. The number of carbonyl (C=O) groups excluding carboxylic acids is 1. The Labute approximate surface area is 143 Å². The SMILES string of the molecule is CCN(CC)c1ncc(CN2CCO[C@@](C)(C(=O)N(C)C)C2)s1. The van der Waals surface area contributed by atoms with Gasteiger partial charge in [0.15, 0.2) is 10.7 Å². The van der Waals surface area contributed by atoms with Crippen LogP contribution in [0.25, 0.3) is 0 Å². The van der Waals surface area contributed by atoms with Gasteiger partial charge >= 0.3 is 0 Å².